The molecule has 2 aromatic rings. The molecule has 0 aliphatic carbocycles. The van der Waals surface area contributed by atoms with Crippen LogP contribution in [-0.2, 0) is 11.2 Å². The van der Waals surface area contributed by atoms with Crippen LogP contribution in [0.1, 0.15) is 29.8 Å². The van der Waals surface area contributed by atoms with Gasteiger partial charge < -0.3 is 14.9 Å². The average molecular weight is 260 g/mol. The summed E-state index contributed by atoms with van der Waals surface area (Å²) >= 11 is 0. The van der Waals surface area contributed by atoms with Crippen LogP contribution in [-0.4, -0.2) is 22.8 Å². The van der Waals surface area contributed by atoms with Crippen LogP contribution in [0, 0.1) is 0 Å². The summed E-state index contributed by atoms with van der Waals surface area (Å²) in [6.45, 7) is 3.72. The lowest BCUT2D eigenvalue weighted by Gasteiger charge is -2.14. The highest BCUT2D eigenvalue weighted by Crippen LogP contribution is 2.40. The van der Waals surface area contributed by atoms with E-state index in [0.29, 0.717) is 22.8 Å². The Morgan fingerprint density at radius 2 is 1.68 bits per heavy atom. The Bertz CT molecular complexity index is 632. The van der Waals surface area contributed by atoms with E-state index in [4.69, 9.17) is 4.74 Å². The fraction of sp³-hybridized carbons (Fsp3) is 0.267. The van der Waals surface area contributed by atoms with E-state index in [1.54, 1.807) is 31.2 Å². The van der Waals surface area contributed by atoms with Crippen LogP contribution in [0.15, 0.2) is 24.3 Å². The van der Waals surface area contributed by atoms with Gasteiger partial charge in [0.2, 0.25) is 0 Å². The zero-order chi connectivity index (χ0) is 14.0. The van der Waals surface area contributed by atoms with Crippen molar-refractivity contribution in [1.29, 1.82) is 0 Å². The third-order valence-electron chi connectivity index (χ3n) is 3.09. The lowest BCUT2D eigenvalue weighted by molar-refractivity contribution is 0.0521. The maximum Gasteiger partial charge on any atom is 0.342 e. The van der Waals surface area contributed by atoms with E-state index in [1.165, 1.54) is 0 Å². The minimum atomic E-state index is -0.613. The highest BCUT2D eigenvalue weighted by atomic mass is 16.5. The molecular weight excluding hydrogens is 244 g/mol. The molecule has 0 unspecified atom stereocenters. The first-order valence-electron chi connectivity index (χ1n) is 6.24. The van der Waals surface area contributed by atoms with E-state index in [0.717, 1.165) is 0 Å². The van der Waals surface area contributed by atoms with Crippen LogP contribution in [0.25, 0.3) is 10.8 Å². The minimum absolute atomic E-state index is 0.0268. The molecule has 0 spiro atoms. The number of carbonyl (C=O) groups is 1. The third-order valence-corrected chi connectivity index (χ3v) is 3.09. The number of carbonyl (C=O) groups excluding carboxylic acids is 1. The van der Waals surface area contributed by atoms with Gasteiger partial charge in [-0.05, 0) is 13.3 Å². The highest BCUT2D eigenvalue weighted by Gasteiger charge is 2.23. The van der Waals surface area contributed by atoms with Gasteiger partial charge in [0.15, 0.2) is 0 Å². The second kappa shape index (κ2) is 5.18. The molecule has 4 nitrogen and oxygen atoms in total. The topological polar surface area (TPSA) is 66.8 Å². The van der Waals surface area contributed by atoms with E-state index in [1.807, 2.05) is 6.92 Å². The Labute approximate surface area is 111 Å². The summed E-state index contributed by atoms with van der Waals surface area (Å²) in [4.78, 5) is 11.9. The first-order chi connectivity index (χ1) is 9.11. The largest absolute Gasteiger partial charge is 0.507 e. The molecule has 0 radical (unpaired) electrons. The molecule has 0 atom stereocenters. The highest BCUT2D eigenvalue weighted by molar-refractivity contribution is 6.05. The summed E-state index contributed by atoms with van der Waals surface area (Å²) < 4.78 is 4.95. The Balaban J connectivity index is 2.81. The molecule has 2 aromatic carbocycles. The van der Waals surface area contributed by atoms with Crippen molar-refractivity contribution in [1.82, 2.24) is 0 Å². The number of phenolic OH excluding ortho intramolecular Hbond substituents is 2. The zero-order valence-electron chi connectivity index (χ0n) is 10.9. The van der Waals surface area contributed by atoms with Crippen molar-refractivity contribution >= 4 is 16.7 Å². The second-order valence-corrected chi connectivity index (χ2v) is 4.17. The van der Waals surface area contributed by atoms with Gasteiger partial charge >= 0.3 is 5.97 Å². The van der Waals surface area contributed by atoms with Gasteiger partial charge in [-0.1, -0.05) is 31.2 Å². The number of fused-ring (bicyclic) bond motifs is 1. The van der Waals surface area contributed by atoms with E-state index >= 15 is 0 Å². The molecule has 0 amide bonds. The Morgan fingerprint density at radius 1 is 1.11 bits per heavy atom. The molecule has 0 bridgehead atoms. The molecule has 2 rings (SSSR count). The van der Waals surface area contributed by atoms with Crippen molar-refractivity contribution in [3.8, 4) is 11.5 Å². The van der Waals surface area contributed by atoms with Gasteiger partial charge in [0, 0.05) is 16.3 Å². The molecular formula is C15H16O4. The normalized spacial score (nSPS) is 10.6. The van der Waals surface area contributed by atoms with E-state index in [-0.39, 0.29) is 23.7 Å². The quantitative estimate of drug-likeness (QED) is 0.657. The Hall–Kier alpha value is -2.23. The van der Waals surface area contributed by atoms with E-state index in [9.17, 15) is 15.0 Å². The zero-order valence-corrected chi connectivity index (χ0v) is 10.9. The molecule has 0 saturated heterocycles. The van der Waals surface area contributed by atoms with Gasteiger partial charge in [-0.3, -0.25) is 0 Å². The second-order valence-electron chi connectivity index (χ2n) is 4.17. The van der Waals surface area contributed by atoms with Gasteiger partial charge in [-0.2, -0.15) is 0 Å². The number of ether oxygens (including phenoxy) is 1. The molecule has 0 aromatic heterocycles. The molecule has 0 aliphatic rings. The van der Waals surface area contributed by atoms with Crippen LogP contribution < -0.4 is 0 Å². The number of aromatic hydroxyl groups is 2. The number of benzene rings is 2. The Morgan fingerprint density at radius 3 is 2.21 bits per heavy atom. The van der Waals surface area contributed by atoms with Gasteiger partial charge in [-0.15, -0.1) is 0 Å². The lowest BCUT2D eigenvalue weighted by Crippen LogP contribution is -2.09. The number of rotatable bonds is 3. The first kappa shape index (κ1) is 13.2. The van der Waals surface area contributed by atoms with E-state index in [2.05, 4.69) is 0 Å². The number of hydrogen-bond acceptors (Lipinski definition) is 4. The van der Waals surface area contributed by atoms with Crippen LogP contribution in [0.4, 0.5) is 0 Å². The smallest absolute Gasteiger partial charge is 0.342 e. The minimum Gasteiger partial charge on any atom is -0.507 e. The number of phenols is 2. The summed E-state index contributed by atoms with van der Waals surface area (Å²) in [5.74, 6) is -0.722. The molecule has 4 heteroatoms. The predicted octanol–water partition coefficient (Wildman–Crippen LogP) is 2.99. The van der Waals surface area contributed by atoms with Crippen molar-refractivity contribution in [2.45, 2.75) is 20.3 Å². The molecule has 2 N–H and O–H groups in total. The lowest BCUT2D eigenvalue weighted by atomic mass is 9.96. The van der Waals surface area contributed by atoms with Crippen molar-refractivity contribution in [2.75, 3.05) is 6.61 Å². The van der Waals surface area contributed by atoms with Gasteiger partial charge in [0.05, 0.1) is 6.61 Å². The molecule has 0 saturated carbocycles. The maximum atomic E-state index is 11.9. The van der Waals surface area contributed by atoms with Crippen LogP contribution >= 0.6 is 0 Å². The molecule has 100 valence electrons. The standard InChI is InChI=1S/C15H16O4/c1-3-9-12(15(18)19-4-2)14(17)11-8-6-5-7-10(11)13(9)16/h5-8,16-17H,3-4H2,1-2H3. The van der Waals surface area contributed by atoms with Crippen molar-refractivity contribution in [3.05, 3.63) is 35.4 Å². The predicted molar refractivity (Wildman–Crippen MR) is 72.6 cm³/mol. The summed E-state index contributed by atoms with van der Waals surface area (Å²) in [7, 11) is 0. The van der Waals surface area contributed by atoms with Crippen LogP contribution in [0.2, 0.25) is 0 Å². The summed E-state index contributed by atoms with van der Waals surface area (Å²) in [6, 6.07) is 6.87. The van der Waals surface area contributed by atoms with Gasteiger partial charge in [0.25, 0.3) is 0 Å². The van der Waals surface area contributed by atoms with Crippen LogP contribution in [0.3, 0.4) is 0 Å². The summed E-state index contributed by atoms with van der Waals surface area (Å²) in [6.07, 6.45) is 0.429. The van der Waals surface area contributed by atoms with Gasteiger partial charge in [0.1, 0.15) is 17.1 Å². The van der Waals surface area contributed by atoms with Crippen molar-refractivity contribution in [2.24, 2.45) is 0 Å². The summed E-state index contributed by atoms with van der Waals surface area (Å²) in [5.41, 5.74) is 0.468. The fourth-order valence-corrected chi connectivity index (χ4v) is 2.22. The number of esters is 1. The molecule has 0 aliphatic heterocycles. The number of hydrogen-bond donors (Lipinski definition) is 2. The SMILES string of the molecule is CCOC(=O)c1c(CC)c(O)c2ccccc2c1O. The monoisotopic (exact) mass is 260 g/mol. The van der Waals surface area contributed by atoms with Crippen LogP contribution in [0.5, 0.6) is 11.5 Å². The maximum absolute atomic E-state index is 11.9. The third kappa shape index (κ3) is 2.10. The summed E-state index contributed by atoms with van der Waals surface area (Å²) in [5, 5.41) is 21.5. The van der Waals surface area contributed by atoms with E-state index < -0.39 is 5.97 Å². The van der Waals surface area contributed by atoms with Crippen molar-refractivity contribution < 1.29 is 19.7 Å². The molecule has 0 fully saturated rings. The average Bonchev–Trinajstić information content (AvgIpc) is 2.42. The first-order valence-corrected chi connectivity index (χ1v) is 6.24. The molecule has 19 heavy (non-hydrogen) atoms. The fourth-order valence-electron chi connectivity index (χ4n) is 2.22. The van der Waals surface area contributed by atoms with Crippen molar-refractivity contribution in [3.63, 3.8) is 0 Å². The molecule has 0 heterocycles. The van der Waals surface area contributed by atoms with Gasteiger partial charge in [-0.25, -0.2) is 4.79 Å². The Kier molecular flexibility index (Phi) is 3.60.